The number of amides is 1. The molecule has 3 rings (SSSR count). The summed E-state index contributed by atoms with van der Waals surface area (Å²) in [5, 5.41) is 18.4. The molecule has 0 saturated carbocycles. The first-order chi connectivity index (χ1) is 13.7. The lowest BCUT2D eigenvalue weighted by Crippen LogP contribution is -2.51. The lowest BCUT2D eigenvalue weighted by atomic mass is 9.92. The van der Waals surface area contributed by atoms with Gasteiger partial charge in [0, 0.05) is 44.6 Å². The topological polar surface area (TPSA) is 80.1 Å². The lowest BCUT2D eigenvalue weighted by molar-refractivity contribution is -0.139. The van der Waals surface area contributed by atoms with E-state index >= 15 is 0 Å². The number of carbonyl (C=O) groups is 1. The molecule has 1 aromatic heterocycles. The number of hydrogen-bond acceptors (Lipinski definition) is 6. The van der Waals surface area contributed by atoms with E-state index < -0.39 is 0 Å². The minimum Gasteiger partial charge on any atom is -0.395 e. The van der Waals surface area contributed by atoms with E-state index in [-0.39, 0.29) is 25.0 Å². The average Bonchev–Trinajstić information content (AvgIpc) is 2.74. The third-order valence-corrected chi connectivity index (χ3v) is 6.08. The second kappa shape index (κ2) is 10.9. The number of piperidine rings is 2. The van der Waals surface area contributed by atoms with E-state index in [0.29, 0.717) is 19.1 Å². The van der Waals surface area contributed by atoms with Crippen molar-refractivity contribution >= 4 is 5.91 Å². The first-order valence-corrected chi connectivity index (χ1v) is 10.6. The molecule has 0 radical (unpaired) electrons. The van der Waals surface area contributed by atoms with Crippen molar-refractivity contribution in [3.8, 4) is 0 Å². The van der Waals surface area contributed by atoms with Gasteiger partial charge in [-0.1, -0.05) is 0 Å². The van der Waals surface area contributed by atoms with Crippen LogP contribution in [-0.4, -0.2) is 94.3 Å². The van der Waals surface area contributed by atoms with Crippen LogP contribution in [0.5, 0.6) is 0 Å². The summed E-state index contributed by atoms with van der Waals surface area (Å²) in [6.45, 7) is 5.53. The van der Waals surface area contributed by atoms with Crippen molar-refractivity contribution in [1.82, 2.24) is 19.7 Å². The maximum Gasteiger partial charge on any atom is 0.227 e. The van der Waals surface area contributed by atoms with Crippen molar-refractivity contribution in [3.63, 3.8) is 0 Å². The quantitative estimate of drug-likeness (QED) is 0.676. The number of hydrogen-bond donors (Lipinski definition) is 2. The van der Waals surface area contributed by atoms with Gasteiger partial charge in [-0.25, -0.2) is 0 Å². The molecule has 2 aliphatic rings. The molecule has 3 heterocycles. The molecular weight excluding hydrogens is 356 g/mol. The van der Waals surface area contributed by atoms with E-state index in [0.717, 1.165) is 58.4 Å². The first-order valence-electron chi connectivity index (χ1n) is 10.6. The predicted molar refractivity (Wildman–Crippen MR) is 108 cm³/mol. The molecular formula is C21H34N4O3. The molecule has 2 fully saturated rings. The molecule has 2 aliphatic heterocycles. The van der Waals surface area contributed by atoms with Gasteiger partial charge < -0.3 is 15.1 Å². The Morgan fingerprint density at radius 3 is 2.39 bits per heavy atom. The van der Waals surface area contributed by atoms with Crippen molar-refractivity contribution < 1.29 is 15.0 Å². The van der Waals surface area contributed by atoms with Crippen molar-refractivity contribution in [3.05, 3.63) is 30.1 Å². The van der Waals surface area contributed by atoms with E-state index in [1.165, 1.54) is 5.56 Å². The normalized spacial score (nSPS) is 22.3. The Morgan fingerprint density at radius 1 is 1.07 bits per heavy atom. The summed E-state index contributed by atoms with van der Waals surface area (Å²) in [5.41, 5.74) is 1.31. The second-order valence-corrected chi connectivity index (χ2v) is 7.97. The van der Waals surface area contributed by atoms with E-state index in [9.17, 15) is 15.0 Å². The Morgan fingerprint density at radius 2 is 1.75 bits per heavy atom. The molecule has 2 saturated heterocycles. The van der Waals surface area contributed by atoms with Crippen molar-refractivity contribution in [1.29, 1.82) is 0 Å². The fourth-order valence-corrected chi connectivity index (χ4v) is 4.56. The maximum atomic E-state index is 12.8. The van der Waals surface area contributed by atoms with Gasteiger partial charge in [0.15, 0.2) is 0 Å². The molecule has 2 N–H and O–H groups in total. The van der Waals surface area contributed by atoms with Crippen LogP contribution in [0.3, 0.4) is 0 Å². The molecule has 0 aliphatic carbocycles. The molecule has 1 atom stereocenters. The fraction of sp³-hybridized carbons (Fsp3) is 0.714. The zero-order valence-corrected chi connectivity index (χ0v) is 16.7. The highest BCUT2D eigenvalue weighted by molar-refractivity contribution is 5.79. The zero-order chi connectivity index (χ0) is 19.8. The number of rotatable bonds is 8. The molecule has 0 aromatic carbocycles. The number of likely N-dealkylation sites (tertiary alicyclic amines) is 2. The summed E-state index contributed by atoms with van der Waals surface area (Å²) >= 11 is 0. The lowest BCUT2D eigenvalue weighted by Gasteiger charge is -2.42. The van der Waals surface area contributed by atoms with Crippen LogP contribution in [0.4, 0.5) is 0 Å². The minimum atomic E-state index is -0.0574. The van der Waals surface area contributed by atoms with Crippen molar-refractivity contribution in [2.45, 2.75) is 38.3 Å². The molecule has 1 unspecified atom stereocenters. The van der Waals surface area contributed by atoms with Crippen LogP contribution in [0.15, 0.2) is 24.5 Å². The Hall–Kier alpha value is -1.54. The van der Waals surface area contributed by atoms with E-state index in [2.05, 4.69) is 26.9 Å². The van der Waals surface area contributed by atoms with E-state index in [1.54, 1.807) is 4.90 Å². The SMILES string of the molecule is O=C(C1CCCN(C2CCN(Cc3ccncc3)CC2)C1)N(CCO)CCO. The van der Waals surface area contributed by atoms with Gasteiger partial charge in [0.05, 0.1) is 19.1 Å². The number of aliphatic hydroxyl groups excluding tert-OH is 2. The van der Waals surface area contributed by atoms with Crippen LogP contribution in [0, 0.1) is 5.92 Å². The Bertz CT molecular complexity index is 587. The highest BCUT2D eigenvalue weighted by Gasteiger charge is 2.33. The summed E-state index contributed by atoms with van der Waals surface area (Å²) < 4.78 is 0. The van der Waals surface area contributed by atoms with Gasteiger partial charge in [-0.15, -0.1) is 0 Å². The number of nitrogens with zero attached hydrogens (tertiary/aromatic N) is 4. The molecule has 28 heavy (non-hydrogen) atoms. The van der Waals surface area contributed by atoms with Crippen LogP contribution in [0.2, 0.25) is 0 Å². The Labute approximate surface area is 168 Å². The number of aliphatic hydroxyl groups is 2. The van der Waals surface area contributed by atoms with E-state index in [4.69, 9.17) is 0 Å². The second-order valence-electron chi connectivity index (χ2n) is 7.97. The monoisotopic (exact) mass is 390 g/mol. The van der Waals surface area contributed by atoms with Gasteiger partial charge in [0.25, 0.3) is 0 Å². The predicted octanol–water partition coefficient (Wildman–Crippen LogP) is 0.571. The largest absolute Gasteiger partial charge is 0.395 e. The highest BCUT2D eigenvalue weighted by Crippen LogP contribution is 2.25. The van der Waals surface area contributed by atoms with Crippen LogP contribution in [0.1, 0.15) is 31.2 Å². The van der Waals surface area contributed by atoms with Gasteiger partial charge in [-0.05, 0) is 63.0 Å². The Balaban J connectivity index is 1.49. The van der Waals surface area contributed by atoms with Gasteiger partial charge in [-0.3, -0.25) is 19.6 Å². The van der Waals surface area contributed by atoms with Crippen LogP contribution < -0.4 is 0 Å². The van der Waals surface area contributed by atoms with Gasteiger partial charge in [0.1, 0.15) is 0 Å². The number of aromatic nitrogens is 1. The summed E-state index contributed by atoms with van der Waals surface area (Å²) in [6, 6.07) is 4.71. The van der Waals surface area contributed by atoms with Crippen LogP contribution in [0.25, 0.3) is 0 Å². The maximum absolute atomic E-state index is 12.8. The van der Waals surface area contributed by atoms with Crippen LogP contribution in [-0.2, 0) is 11.3 Å². The third kappa shape index (κ3) is 5.73. The Kier molecular flexibility index (Phi) is 8.21. The molecule has 0 bridgehead atoms. The molecule has 1 amide bonds. The summed E-state index contributed by atoms with van der Waals surface area (Å²) in [7, 11) is 0. The van der Waals surface area contributed by atoms with Gasteiger partial charge in [-0.2, -0.15) is 0 Å². The fourth-order valence-electron chi connectivity index (χ4n) is 4.56. The molecule has 0 spiro atoms. The van der Waals surface area contributed by atoms with E-state index in [1.807, 2.05) is 12.4 Å². The third-order valence-electron chi connectivity index (χ3n) is 6.08. The highest BCUT2D eigenvalue weighted by atomic mass is 16.3. The first kappa shape index (κ1) is 21.2. The molecule has 7 heteroatoms. The molecule has 1 aromatic rings. The number of carbonyl (C=O) groups excluding carboxylic acids is 1. The number of pyridine rings is 1. The standard InChI is InChI=1S/C21H34N4O3/c26-14-12-24(13-15-27)21(28)19-2-1-9-25(17-19)20-5-10-23(11-6-20)16-18-3-7-22-8-4-18/h3-4,7-8,19-20,26-27H,1-2,5-6,9-17H2. The summed E-state index contributed by atoms with van der Waals surface area (Å²) in [5.74, 6) is 0.0737. The van der Waals surface area contributed by atoms with Crippen molar-refractivity contribution in [2.24, 2.45) is 5.92 Å². The van der Waals surface area contributed by atoms with Crippen LogP contribution >= 0.6 is 0 Å². The van der Waals surface area contributed by atoms with Gasteiger partial charge in [0.2, 0.25) is 5.91 Å². The van der Waals surface area contributed by atoms with Gasteiger partial charge >= 0.3 is 0 Å². The van der Waals surface area contributed by atoms with Crippen molar-refractivity contribution in [2.75, 3.05) is 52.5 Å². The smallest absolute Gasteiger partial charge is 0.227 e. The molecule has 7 nitrogen and oxygen atoms in total. The minimum absolute atomic E-state index is 0.0123. The summed E-state index contributed by atoms with van der Waals surface area (Å²) in [4.78, 5) is 23.5. The molecule has 156 valence electrons. The zero-order valence-electron chi connectivity index (χ0n) is 16.7. The summed E-state index contributed by atoms with van der Waals surface area (Å²) in [6.07, 6.45) is 7.93. The average molecular weight is 391 g/mol.